The fourth-order valence-corrected chi connectivity index (χ4v) is 4.79. The van der Waals surface area contributed by atoms with Crippen molar-refractivity contribution in [3.05, 3.63) is 46.8 Å². The quantitative estimate of drug-likeness (QED) is 0.549. The van der Waals surface area contributed by atoms with Gasteiger partial charge in [-0.05, 0) is 30.3 Å². The second kappa shape index (κ2) is 8.99. The summed E-state index contributed by atoms with van der Waals surface area (Å²) in [6.07, 6.45) is 1.16. The van der Waals surface area contributed by atoms with E-state index in [1.807, 2.05) is 4.57 Å². The van der Waals surface area contributed by atoms with Crippen molar-refractivity contribution in [2.75, 3.05) is 34.2 Å². The van der Waals surface area contributed by atoms with Gasteiger partial charge in [-0.1, -0.05) is 17.4 Å². The van der Waals surface area contributed by atoms with Crippen molar-refractivity contribution in [3.63, 3.8) is 0 Å². The molecule has 3 aromatic rings. The Morgan fingerprint density at radius 3 is 2.33 bits per heavy atom. The van der Waals surface area contributed by atoms with E-state index >= 15 is 0 Å². The Morgan fingerprint density at radius 2 is 1.77 bits per heavy atom. The zero-order chi connectivity index (χ0) is 21.9. The van der Waals surface area contributed by atoms with Crippen LogP contribution in [0.25, 0.3) is 10.2 Å². The molecule has 0 radical (unpaired) electrons. The van der Waals surface area contributed by atoms with Crippen molar-refractivity contribution in [2.45, 2.75) is 11.4 Å². The SMILES string of the molecule is COCCn1c(=NC(=O)c2c(OC)cccc2OC)sc2cc(S(C)(=O)=O)ccc21. The average Bonchev–Trinajstić information content (AvgIpc) is 3.06. The summed E-state index contributed by atoms with van der Waals surface area (Å²) in [4.78, 5) is 18.0. The lowest BCUT2D eigenvalue weighted by atomic mass is 10.1. The van der Waals surface area contributed by atoms with E-state index < -0.39 is 15.7 Å². The highest BCUT2D eigenvalue weighted by Gasteiger charge is 2.19. The molecule has 0 aliphatic carbocycles. The lowest BCUT2D eigenvalue weighted by molar-refractivity contribution is 0.0991. The van der Waals surface area contributed by atoms with Gasteiger partial charge in [-0.25, -0.2) is 8.42 Å². The maximum Gasteiger partial charge on any atom is 0.287 e. The highest BCUT2D eigenvalue weighted by Crippen LogP contribution is 2.29. The van der Waals surface area contributed by atoms with Crippen LogP contribution in [0.2, 0.25) is 0 Å². The molecule has 10 heteroatoms. The Balaban J connectivity index is 2.21. The van der Waals surface area contributed by atoms with Crippen LogP contribution in [0.1, 0.15) is 10.4 Å². The number of ether oxygens (including phenoxy) is 3. The molecule has 0 saturated carbocycles. The van der Waals surface area contributed by atoms with Crippen molar-refractivity contribution in [3.8, 4) is 11.5 Å². The first-order chi connectivity index (χ1) is 14.3. The molecule has 0 saturated heterocycles. The summed E-state index contributed by atoms with van der Waals surface area (Å²) in [5.74, 6) is 0.185. The molecule has 3 rings (SSSR count). The predicted octanol–water partition coefficient (Wildman–Crippen LogP) is 2.51. The maximum absolute atomic E-state index is 13.0. The molecular formula is C20H22N2O6S2. The number of sulfone groups is 1. The van der Waals surface area contributed by atoms with E-state index in [0.29, 0.717) is 34.2 Å². The Kier molecular flexibility index (Phi) is 6.59. The van der Waals surface area contributed by atoms with Gasteiger partial charge in [0.15, 0.2) is 14.6 Å². The van der Waals surface area contributed by atoms with E-state index in [1.165, 1.54) is 25.6 Å². The van der Waals surface area contributed by atoms with Crippen LogP contribution in [-0.4, -0.2) is 53.1 Å². The number of nitrogens with zero attached hydrogens (tertiary/aromatic N) is 2. The van der Waals surface area contributed by atoms with Crippen LogP contribution in [-0.2, 0) is 21.1 Å². The monoisotopic (exact) mass is 450 g/mol. The van der Waals surface area contributed by atoms with Gasteiger partial charge in [-0.15, -0.1) is 0 Å². The topological polar surface area (TPSA) is 96.2 Å². The maximum atomic E-state index is 13.0. The third kappa shape index (κ3) is 4.40. The smallest absolute Gasteiger partial charge is 0.287 e. The molecule has 1 aromatic heterocycles. The van der Waals surface area contributed by atoms with E-state index in [1.54, 1.807) is 43.5 Å². The van der Waals surface area contributed by atoms with Gasteiger partial charge in [-0.3, -0.25) is 4.79 Å². The molecule has 0 atom stereocenters. The Morgan fingerprint density at radius 1 is 1.10 bits per heavy atom. The molecule has 0 unspecified atom stereocenters. The summed E-state index contributed by atoms with van der Waals surface area (Å²) in [5, 5.41) is 0. The summed E-state index contributed by atoms with van der Waals surface area (Å²) >= 11 is 1.23. The lowest BCUT2D eigenvalue weighted by Crippen LogP contribution is -2.19. The number of carbonyl (C=O) groups excluding carboxylic acids is 1. The standard InChI is InChI=1S/C20H22N2O6S2/c1-26-11-10-22-14-9-8-13(30(4,24)25)12-17(14)29-20(22)21-19(23)18-15(27-2)6-5-7-16(18)28-3/h5-9,12H,10-11H2,1-4H3. The molecule has 0 fully saturated rings. The fourth-order valence-electron chi connectivity index (χ4n) is 2.97. The highest BCUT2D eigenvalue weighted by atomic mass is 32.2. The molecule has 1 heterocycles. The molecule has 0 bridgehead atoms. The van der Waals surface area contributed by atoms with Gasteiger partial charge in [0.25, 0.3) is 5.91 Å². The van der Waals surface area contributed by atoms with Crippen molar-refractivity contribution in [2.24, 2.45) is 4.99 Å². The fraction of sp³-hybridized carbons (Fsp3) is 0.300. The lowest BCUT2D eigenvalue weighted by Gasteiger charge is -2.10. The summed E-state index contributed by atoms with van der Waals surface area (Å²) in [6.45, 7) is 0.850. The van der Waals surface area contributed by atoms with E-state index in [4.69, 9.17) is 14.2 Å². The normalized spacial score (nSPS) is 12.3. The molecule has 30 heavy (non-hydrogen) atoms. The molecule has 160 valence electrons. The second-order valence-electron chi connectivity index (χ2n) is 6.39. The van der Waals surface area contributed by atoms with Crippen LogP contribution in [0.15, 0.2) is 46.3 Å². The number of methoxy groups -OCH3 is 3. The van der Waals surface area contributed by atoms with E-state index in [-0.39, 0.29) is 10.5 Å². The van der Waals surface area contributed by atoms with Gasteiger partial charge in [0, 0.05) is 19.9 Å². The zero-order valence-corrected chi connectivity index (χ0v) is 18.7. The number of rotatable bonds is 7. The summed E-state index contributed by atoms with van der Waals surface area (Å²) in [7, 11) is 1.16. The van der Waals surface area contributed by atoms with Gasteiger partial charge in [0.1, 0.15) is 17.1 Å². The molecule has 0 aliphatic rings. The average molecular weight is 451 g/mol. The first kappa shape index (κ1) is 22.0. The summed E-state index contributed by atoms with van der Waals surface area (Å²) in [5.41, 5.74) is 0.984. The zero-order valence-electron chi connectivity index (χ0n) is 17.0. The molecule has 2 aromatic carbocycles. The molecule has 0 spiro atoms. The molecule has 1 amide bonds. The van der Waals surface area contributed by atoms with Gasteiger partial charge in [-0.2, -0.15) is 4.99 Å². The van der Waals surface area contributed by atoms with Crippen molar-refractivity contribution < 1.29 is 27.4 Å². The minimum Gasteiger partial charge on any atom is -0.496 e. The third-order valence-electron chi connectivity index (χ3n) is 4.44. The number of carbonyl (C=O) groups is 1. The third-order valence-corrected chi connectivity index (χ3v) is 6.59. The predicted molar refractivity (Wildman–Crippen MR) is 114 cm³/mol. The van der Waals surface area contributed by atoms with Gasteiger partial charge < -0.3 is 18.8 Å². The highest BCUT2D eigenvalue weighted by molar-refractivity contribution is 7.90. The van der Waals surface area contributed by atoms with Gasteiger partial charge in [0.2, 0.25) is 0 Å². The number of hydrogen-bond acceptors (Lipinski definition) is 7. The Hall–Kier alpha value is -2.69. The van der Waals surface area contributed by atoms with Crippen LogP contribution in [0.5, 0.6) is 11.5 Å². The van der Waals surface area contributed by atoms with E-state index in [9.17, 15) is 13.2 Å². The number of thiazole rings is 1. The Bertz CT molecular complexity index is 1240. The largest absolute Gasteiger partial charge is 0.496 e. The first-order valence-electron chi connectivity index (χ1n) is 8.92. The van der Waals surface area contributed by atoms with Crippen LogP contribution in [0.3, 0.4) is 0 Å². The van der Waals surface area contributed by atoms with Crippen LogP contribution >= 0.6 is 11.3 Å². The molecule has 0 N–H and O–H groups in total. The molecule has 0 aliphatic heterocycles. The number of hydrogen-bond donors (Lipinski definition) is 0. The van der Waals surface area contributed by atoms with Crippen molar-refractivity contribution in [1.82, 2.24) is 4.57 Å². The Labute approximate surface area is 178 Å². The van der Waals surface area contributed by atoms with E-state index in [2.05, 4.69) is 4.99 Å². The second-order valence-corrected chi connectivity index (χ2v) is 9.41. The van der Waals surface area contributed by atoms with Crippen molar-refractivity contribution in [1.29, 1.82) is 0 Å². The number of benzene rings is 2. The van der Waals surface area contributed by atoms with Crippen LogP contribution in [0, 0.1) is 0 Å². The molecular weight excluding hydrogens is 428 g/mol. The first-order valence-corrected chi connectivity index (χ1v) is 11.6. The minimum atomic E-state index is -3.36. The van der Waals surface area contributed by atoms with Gasteiger partial charge >= 0.3 is 0 Å². The van der Waals surface area contributed by atoms with E-state index in [0.717, 1.165) is 11.8 Å². The minimum absolute atomic E-state index is 0.208. The summed E-state index contributed by atoms with van der Waals surface area (Å²) < 4.78 is 42.2. The summed E-state index contributed by atoms with van der Waals surface area (Å²) in [6, 6.07) is 9.89. The van der Waals surface area contributed by atoms with Crippen LogP contribution in [0.4, 0.5) is 0 Å². The van der Waals surface area contributed by atoms with Gasteiger partial charge in [0.05, 0.1) is 35.9 Å². The van der Waals surface area contributed by atoms with Crippen molar-refractivity contribution >= 4 is 37.3 Å². The van der Waals surface area contributed by atoms with Crippen LogP contribution < -0.4 is 14.3 Å². The number of amides is 1. The number of aromatic nitrogens is 1. The molecule has 8 nitrogen and oxygen atoms in total. The number of fused-ring (bicyclic) bond motifs is 1.